The summed E-state index contributed by atoms with van der Waals surface area (Å²) in [6, 6.07) is 9.53. The van der Waals surface area contributed by atoms with Gasteiger partial charge in [0.15, 0.2) is 0 Å². The van der Waals surface area contributed by atoms with Crippen molar-refractivity contribution in [1.82, 2.24) is 0 Å². The van der Waals surface area contributed by atoms with E-state index in [1.807, 2.05) is 6.92 Å². The lowest BCUT2D eigenvalue weighted by Gasteiger charge is -2.09. The molecule has 2 aromatic rings. The highest BCUT2D eigenvalue weighted by molar-refractivity contribution is 9.10. The monoisotopic (exact) mass is 322 g/mol. The maximum atomic E-state index is 13.6. The Balaban J connectivity index is 2.25. The van der Waals surface area contributed by atoms with Crippen LogP contribution in [0.4, 0.5) is 15.8 Å². The maximum absolute atomic E-state index is 13.6. The molecular formula is C14H12BrFN2O. The summed E-state index contributed by atoms with van der Waals surface area (Å²) in [5.74, 6) is -0.938. The minimum atomic E-state index is -0.506. The SMILES string of the molecule is Cc1ccc(C(=O)Nc2ccc(Br)cc2F)c(N)c1. The van der Waals surface area contributed by atoms with Gasteiger partial charge in [0.2, 0.25) is 0 Å². The smallest absolute Gasteiger partial charge is 0.257 e. The number of nitrogens with two attached hydrogens (primary N) is 1. The molecule has 0 fully saturated rings. The van der Waals surface area contributed by atoms with Gasteiger partial charge in [0, 0.05) is 10.2 Å². The van der Waals surface area contributed by atoms with Crippen LogP contribution in [0, 0.1) is 12.7 Å². The summed E-state index contributed by atoms with van der Waals surface area (Å²) in [5, 5.41) is 2.50. The standard InChI is InChI=1S/C14H12BrFN2O/c1-8-2-4-10(12(17)6-8)14(19)18-13-5-3-9(15)7-11(13)16/h2-7H,17H2,1H3,(H,18,19). The molecule has 0 heterocycles. The number of nitrogen functional groups attached to an aromatic ring is 1. The number of hydrogen-bond donors (Lipinski definition) is 2. The molecule has 2 aromatic carbocycles. The second-order valence-corrected chi connectivity index (χ2v) is 5.08. The number of halogens is 2. The number of carbonyl (C=O) groups is 1. The van der Waals surface area contributed by atoms with E-state index in [1.54, 1.807) is 24.3 Å². The second kappa shape index (κ2) is 5.40. The van der Waals surface area contributed by atoms with Gasteiger partial charge in [0.05, 0.1) is 11.3 Å². The molecule has 0 unspecified atom stereocenters. The van der Waals surface area contributed by atoms with Crippen LogP contribution in [0.15, 0.2) is 40.9 Å². The van der Waals surface area contributed by atoms with Gasteiger partial charge in [-0.2, -0.15) is 0 Å². The van der Waals surface area contributed by atoms with Gasteiger partial charge in [-0.05, 0) is 42.8 Å². The number of anilines is 2. The molecule has 0 aromatic heterocycles. The average Bonchev–Trinajstić information content (AvgIpc) is 2.32. The quantitative estimate of drug-likeness (QED) is 0.828. The Bertz CT molecular complexity index is 643. The van der Waals surface area contributed by atoms with Crippen molar-refractivity contribution in [2.75, 3.05) is 11.1 Å². The Morgan fingerprint density at radius 3 is 2.63 bits per heavy atom. The fourth-order valence-corrected chi connectivity index (χ4v) is 2.00. The summed E-state index contributed by atoms with van der Waals surface area (Å²) in [6.07, 6.45) is 0. The Morgan fingerprint density at radius 2 is 2.00 bits per heavy atom. The molecule has 1 amide bonds. The highest BCUT2D eigenvalue weighted by Gasteiger charge is 2.12. The summed E-state index contributed by atoms with van der Waals surface area (Å²) >= 11 is 3.15. The van der Waals surface area contributed by atoms with Gasteiger partial charge in [-0.1, -0.05) is 22.0 Å². The van der Waals surface area contributed by atoms with E-state index in [2.05, 4.69) is 21.2 Å². The molecule has 0 bridgehead atoms. The fourth-order valence-electron chi connectivity index (χ4n) is 1.67. The molecule has 0 radical (unpaired) electrons. The minimum absolute atomic E-state index is 0.119. The first-order valence-electron chi connectivity index (χ1n) is 5.60. The van der Waals surface area contributed by atoms with Crippen LogP contribution in [-0.4, -0.2) is 5.91 Å². The Morgan fingerprint density at radius 1 is 1.26 bits per heavy atom. The van der Waals surface area contributed by atoms with Gasteiger partial charge < -0.3 is 11.1 Å². The van der Waals surface area contributed by atoms with Crippen LogP contribution in [-0.2, 0) is 0 Å². The molecule has 0 saturated carbocycles. The zero-order valence-corrected chi connectivity index (χ0v) is 11.8. The third-order valence-corrected chi connectivity index (χ3v) is 3.12. The normalized spacial score (nSPS) is 10.3. The van der Waals surface area contributed by atoms with Crippen molar-refractivity contribution in [3.63, 3.8) is 0 Å². The van der Waals surface area contributed by atoms with E-state index in [0.29, 0.717) is 15.7 Å². The van der Waals surface area contributed by atoms with Crippen LogP contribution in [0.25, 0.3) is 0 Å². The highest BCUT2D eigenvalue weighted by atomic mass is 79.9. The van der Waals surface area contributed by atoms with Crippen LogP contribution < -0.4 is 11.1 Å². The van der Waals surface area contributed by atoms with Crippen LogP contribution in [0.2, 0.25) is 0 Å². The van der Waals surface area contributed by atoms with E-state index in [-0.39, 0.29) is 5.69 Å². The molecule has 0 spiro atoms. The summed E-state index contributed by atoms with van der Waals surface area (Å²) in [7, 11) is 0. The third-order valence-electron chi connectivity index (χ3n) is 2.63. The lowest BCUT2D eigenvalue weighted by Crippen LogP contribution is -2.15. The van der Waals surface area contributed by atoms with Crippen molar-refractivity contribution in [3.8, 4) is 0 Å². The molecule has 3 N–H and O–H groups in total. The molecular weight excluding hydrogens is 311 g/mol. The van der Waals surface area contributed by atoms with Gasteiger partial charge in [-0.15, -0.1) is 0 Å². The molecule has 0 aliphatic carbocycles. The van der Waals surface area contributed by atoms with E-state index in [0.717, 1.165) is 5.56 Å². The molecule has 0 saturated heterocycles. The lowest BCUT2D eigenvalue weighted by atomic mass is 10.1. The Labute approximate surface area is 118 Å². The van der Waals surface area contributed by atoms with Gasteiger partial charge in [0.1, 0.15) is 5.82 Å². The number of amides is 1. The number of benzene rings is 2. The lowest BCUT2D eigenvalue weighted by molar-refractivity contribution is 0.102. The molecule has 98 valence electrons. The largest absolute Gasteiger partial charge is 0.398 e. The van der Waals surface area contributed by atoms with Crippen LogP contribution in [0.3, 0.4) is 0 Å². The van der Waals surface area contributed by atoms with E-state index < -0.39 is 11.7 Å². The molecule has 0 atom stereocenters. The van der Waals surface area contributed by atoms with E-state index >= 15 is 0 Å². The molecule has 19 heavy (non-hydrogen) atoms. The van der Waals surface area contributed by atoms with Crippen LogP contribution in [0.1, 0.15) is 15.9 Å². The van der Waals surface area contributed by atoms with E-state index in [1.165, 1.54) is 12.1 Å². The number of nitrogens with one attached hydrogen (secondary N) is 1. The summed E-state index contributed by atoms with van der Waals surface area (Å²) in [5.41, 5.74) is 7.55. The number of hydrogen-bond acceptors (Lipinski definition) is 2. The highest BCUT2D eigenvalue weighted by Crippen LogP contribution is 2.21. The molecule has 5 heteroatoms. The van der Waals surface area contributed by atoms with E-state index in [4.69, 9.17) is 5.73 Å². The molecule has 3 nitrogen and oxygen atoms in total. The summed E-state index contributed by atoms with van der Waals surface area (Å²) < 4.78 is 14.2. The maximum Gasteiger partial charge on any atom is 0.257 e. The summed E-state index contributed by atoms with van der Waals surface area (Å²) in [6.45, 7) is 1.88. The second-order valence-electron chi connectivity index (χ2n) is 4.17. The number of aryl methyl sites for hydroxylation is 1. The third kappa shape index (κ3) is 3.12. The first-order chi connectivity index (χ1) is 8.97. The van der Waals surface area contributed by atoms with Crippen LogP contribution >= 0.6 is 15.9 Å². The average molecular weight is 323 g/mol. The van der Waals surface area contributed by atoms with Crippen molar-refractivity contribution < 1.29 is 9.18 Å². The first kappa shape index (κ1) is 13.5. The predicted octanol–water partition coefficient (Wildman–Crippen LogP) is 3.73. The zero-order valence-electron chi connectivity index (χ0n) is 10.2. The fraction of sp³-hybridized carbons (Fsp3) is 0.0714. The Kier molecular flexibility index (Phi) is 3.85. The number of carbonyl (C=O) groups excluding carboxylic acids is 1. The first-order valence-corrected chi connectivity index (χ1v) is 6.39. The van der Waals surface area contributed by atoms with Crippen molar-refractivity contribution in [2.45, 2.75) is 6.92 Å². The number of rotatable bonds is 2. The van der Waals surface area contributed by atoms with Crippen molar-refractivity contribution in [2.24, 2.45) is 0 Å². The van der Waals surface area contributed by atoms with Crippen molar-refractivity contribution >= 4 is 33.2 Å². The molecule has 0 aliphatic rings. The van der Waals surface area contributed by atoms with Crippen molar-refractivity contribution in [3.05, 3.63) is 57.8 Å². The van der Waals surface area contributed by atoms with Gasteiger partial charge >= 0.3 is 0 Å². The zero-order chi connectivity index (χ0) is 14.0. The van der Waals surface area contributed by atoms with E-state index in [9.17, 15) is 9.18 Å². The summed E-state index contributed by atoms with van der Waals surface area (Å²) in [4.78, 5) is 12.0. The van der Waals surface area contributed by atoms with Crippen LogP contribution in [0.5, 0.6) is 0 Å². The van der Waals surface area contributed by atoms with Gasteiger partial charge in [-0.3, -0.25) is 4.79 Å². The Hall–Kier alpha value is -1.88. The van der Waals surface area contributed by atoms with Gasteiger partial charge in [0.25, 0.3) is 5.91 Å². The topological polar surface area (TPSA) is 55.1 Å². The minimum Gasteiger partial charge on any atom is -0.398 e. The van der Waals surface area contributed by atoms with Gasteiger partial charge in [-0.25, -0.2) is 4.39 Å². The molecule has 2 rings (SSSR count). The molecule has 0 aliphatic heterocycles. The predicted molar refractivity (Wildman–Crippen MR) is 77.6 cm³/mol. The van der Waals surface area contributed by atoms with Crippen molar-refractivity contribution in [1.29, 1.82) is 0 Å².